The average molecular weight is 172 g/mol. The minimum absolute atomic E-state index is 0.00231. The molecule has 1 fully saturated rings. The highest BCUT2D eigenvalue weighted by molar-refractivity contribution is 5.84. The lowest BCUT2D eigenvalue weighted by molar-refractivity contribution is -0.152. The van der Waals surface area contributed by atoms with E-state index in [-0.39, 0.29) is 5.91 Å². The Bertz CT molecular complexity index is 174. The summed E-state index contributed by atoms with van der Waals surface area (Å²) in [5, 5.41) is 1.63. The van der Waals surface area contributed by atoms with Crippen LogP contribution in [0.3, 0.4) is 0 Å². The van der Waals surface area contributed by atoms with Gasteiger partial charge < -0.3 is 4.74 Å². The molecule has 0 aromatic rings. The van der Waals surface area contributed by atoms with Gasteiger partial charge in [-0.1, -0.05) is 0 Å². The van der Waals surface area contributed by atoms with Gasteiger partial charge in [-0.2, -0.15) is 0 Å². The summed E-state index contributed by atoms with van der Waals surface area (Å²) in [5.41, 5.74) is 2.29. The van der Waals surface area contributed by atoms with Crippen LogP contribution < -0.4 is 5.43 Å². The summed E-state index contributed by atoms with van der Waals surface area (Å²) in [6.45, 7) is 5.21. The van der Waals surface area contributed by atoms with Gasteiger partial charge in [0.1, 0.15) is 5.60 Å². The first-order valence-electron chi connectivity index (χ1n) is 4.18. The fourth-order valence-electron chi connectivity index (χ4n) is 1.12. The van der Waals surface area contributed by atoms with E-state index >= 15 is 0 Å². The fourth-order valence-corrected chi connectivity index (χ4v) is 1.12. The maximum Gasteiger partial charge on any atom is 0.268 e. The Morgan fingerprint density at radius 2 is 2.25 bits per heavy atom. The second-order valence-corrected chi connectivity index (χ2v) is 3.43. The molecule has 1 N–H and O–H groups in total. The van der Waals surface area contributed by atoms with E-state index in [0.717, 1.165) is 19.5 Å². The monoisotopic (exact) mass is 172 g/mol. The van der Waals surface area contributed by atoms with Crippen molar-refractivity contribution in [1.29, 1.82) is 0 Å². The third kappa shape index (κ3) is 1.76. The van der Waals surface area contributed by atoms with Gasteiger partial charge in [0.05, 0.1) is 0 Å². The Morgan fingerprint density at radius 1 is 1.58 bits per heavy atom. The highest BCUT2D eigenvalue weighted by Crippen LogP contribution is 2.12. The number of rotatable bonds is 2. The van der Waals surface area contributed by atoms with E-state index in [1.54, 1.807) is 26.0 Å². The quantitative estimate of drug-likeness (QED) is 0.644. The van der Waals surface area contributed by atoms with Gasteiger partial charge in [0, 0.05) is 20.2 Å². The van der Waals surface area contributed by atoms with E-state index in [2.05, 4.69) is 5.43 Å². The lowest BCUT2D eigenvalue weighted by Crippen LogP contribution is -2.49. The average Bonchev–Trinajstić information content (AvgIpc) is 2.55. The van der Waals surface area contributed by atoms with Crippen molar-refractivity contribution in [2.45, 2.75) is 25.9 Å². The lowest BCUT2D eigenvalue weighted by atomic mass is 10.1. The van der Waals surface area contributed by atoms with Gasteiger partial charge in [0.25, 0.3) is 5.91 Å². The standard InChI is InChI=1S/C8H16N2O2/c1-8(2,12-3)7(11)10-6-4-5-9-10/h9H,4-6H2,1-3H3. The predicted octanol–water partition coefficient (Wildman–Crippen LogP) is 0.148. The fraction of sp³-hybridized carbons (Fsp3) is 0.875. The number of nitrogens with zero attached hydrogens (tertiary/aromatic N) is 1. The van der Waals surface area contributed by atoms with Crippen LogP contribution in [0.1, 0.15) is 20.3 Å². The molecule has 0 spiro atoms. The summed E-state index contributed by atoms with van der Waals surface area (Å²) < 4.78 is 5.08. The zero-order valence-electron chi connectivity index (χ0n) is 7.89. The van der Waals surface area contributed by atoms with Gasteiger partial charge >= 0.3 is 0 Å². The van der Waals surface area contributed by atoms with Crippen LogP contribution in [-0.2, 0) is 9.53 Å². The van der Waals surface area contributed by atoms with Gasteiger partial charge in [-0.25, -0.2) is 5.43 Å². The Balaban J connectivity index is 2.56. The number of hydrazine groups is 1. The van der Waals surface area contributed by atoms with Crippen LogP contribution in [0.4, 0.5) is 0 Å². The second kappa shape index (κ2) is 3.41. The molecule has 1 saturated heterocycles. The van der Waals surface area contributed by atoms with Gasteiger partial charge in [-0.15, -0.1) is 0 Å². The van der Waals surface area contributed by atoms with Crippen LogP contribution in [0.15, 0.2) is 0 Å². The van der Waals surface area contributed by atoms with Crippen LogP contribution >= 0.6 is 0 Å². The molecular formula is C8H16N2O2. The molecule has 1 aliphatic heterocycles. The molecule has 1 amide bonds. The number of nitrogens with one attached hydrogen (secondary N) is 1. The Kier molecular flexibility index (Phi) is 2.69. The van der Waals surface area contributed by atoms with Crippen molar-refractivity contribution in [3.63, 3.8) is 0 Å². The molecule has 0 aromatic heterocycles. The van der Waals surface area contributed by atoms with Gasteiger partial charge in [0.2, 0.25) is 0 Å². The van der Waals surface area contributed by atoms with Crippen molar-refractivity contribution in [3.05, 3.63) is 0 Å². The van der Waals surface area contributed by atoms with Crippen molar-refractivity contribution >= 4 is 5.91 Å². The summed E-state index contributed by atoms with van der Waals surface area (Å²) in [7, 11) is 1.55. The normalized spacial score (nSPS) is 18.4. The van der Waals surface area contributed by atoms with Crippen LogP contribution in [0.25, 0.3) is 0 Å². The molecule has 0 radical (unpaired) electrons. The SMILES string of the molecule is COC(C)(C)C(=O)N1CCCN1. The molecule has 70 valence electrons. The molecule has 0 aromatic carbocycles. The number of carbonyl (C=O) groups is 1. The van der Waals surface area contributed by atoms with Crippen molar-refractivity contribution in [1.82, 2.24) is 10.4 Å². The summed E-state index contributed by atoms with van der Waals surface area (Å²) in [4.78, 5) is 11.6. The number of carbonyl (C=O) groups excluding carboxylic acids is 1. The van der Waals surface area contributed by atoms with Crippen LogP contribution in [0.5, 0.6) is 0 Å². The molecule has 0 bridgehead atoms. The van der Waals surface area contributed by atoms with Crippen LogP contribution in [0.2, 0.25) is 0 Å². The number of hydrogen-bond acceptors (Lipinski definition) is 3. The van der Waals surface area contributed by atoms with Crippen molar-refractivity contribution in [2.75, 3.05) is 20.2 Å². The lowest BCUT2D eigenvalue weighted by Gasteiger charge is -2.27. The number of hydrogen-bond donors (Lipinski definition) is 1. The summed E-state index contributed by atoms with van der Waals surface area (Å²) in [6, 6.07) is 0. The summed E-state index contributed by atoms with van der Waals surface area (Å²) in [5.74, 6) is 0.00231. The Morgan fingerprint density at radius 3 is 2.67 bits per heavy atom. The topological polar surface area (TPSA) is 41.6 Å². The molecule has 4 nitrogen and oxygen atoms in total. The Labute approximate surface area is 72.8 Å². The third-order valence-corrected chi connectivity index (χ3v) is 2.13. The first-order chi connectivity index (χ1) is 5.58. The molecule has 1 heterocycles. The van der Waals surface area contributed by atoms with Crippen molar-refractivity contribution in [3.8, 4) is 0 Å². The van der Waals surface area contributed by atoms with Crippen molar-refractivity contribution in [2.24, 2.45) is 0 Å². The summed E-state index contributed by atoms with van der Waals surface area (Å²) in [6.07, 6.45) is 1.02. The molecule has 1 rings (SSSR count). The first kappa shape index (κ1) is 9.48. The minimum Gasteiger partial charge on any atom is -0.369 e. The van der Waals surface area contributed by atoms with E-state index < -0.39 is 5.60 Å². The number of ether oxygens (including phenoxy) is 1. The highest BCUT2D eigenvalue weighted by Gasteiger charge is 2.33. The smallest absolute Gasteiger partial charge is 0.268 e. The summed E-state index contributed by atoms with van der Waals surface area (Å²) >= 11 is 0. The maximum absolute atomic E-state index is 11.6. The molecule has 0 atom stereocenters. The minimum atomic E-state index is -0.711. The molecular weight excluding hydrogens is 156 g/mol. The first-order valence-corrected chi connectivity index (χ1v) is 4.18. The highest BCUT2D eigenvalue weighted by atomic mass is 16.5. The molecule has 1 aliphatic rings. The van der Waals surface area contributed by atoms with E-state index in [9.17, 15) is 4.79 Å². The van der Waals surface area contributed by atoms with Crippen LogP contribution in [-0.4, -0.2) is 36.7 Å². The molecule has 0 saturated carbocycles. The van der Waals surface area contributed by atoms with E-state index in [1.807, 2.05) is 0 Å². The maximum atomic E-state index is 11.6. The van der Waals surface area contributed by atoms with Gasteiger partial charge in [0.15, 0.2) is 0 Å². The number of methoxy groups -OCH3 is 1. The van der Waals surface area contributed by atoms with E-state index in [1.165, 1.54) is 0 Å². The largest absolute Gasteiger partial charge is 0.369 e. The van der Waals surface area contributed by atoms with Gasteiger partial charge in [-0.3, -0.25) is 9.80 Å². The second-order valence-electron chi connectivity index (χ2n) is 3.43. The van der Waals surface area contributed by atoms with Gasteiger partial charge in [-0.05, 0) is 20.3 Å². The zero-order chi connectivity index (χ0) is 9.19. The van der Waals surface area contributed by atoms with Crippen molar-refractivity contribution < 1.29 is 9.53 Å². The molecule has 0 unspecified atom stereocenters. The third-order valence-electron chi connectivity index (χ3n) is 2.13. The number of amides is 1. The Hall–Kier alpha value is -0.610. The molecule has 0 aliphatic carbocycles. The van der Waals surface area contributed by atoms with E-state index in [4.69, 9.17) is 4.74 Å². The zero-order valence-corrected chi connectivity index (χ0v) is 7.89. The van der Waals surface area contributed by atoms with Crippen LogP contribution in [0, 0.1) is 0 Å². The van der Waals surface area contributed by atoms with E-state index in [0.29, 0.717) is 0 Å². The predicted molar refractivity (Wildman–Crippen MR) is 45.4 cm³/mol. The molecule has 4 heteroatoms. The molecule has 12 heavy (non-hydrogen) atoms.